The Morgan fingerprint density at radius 2 is 2.15 bits per heavy atom. The van der Waals surface area contributed by atoms with Gasteiger partial charge in [0.2, 0.25) is 10.0 Å². The normalized spacial score (nSPS) is 25.6. The van der Waals surface area contributed by atoms with Gasteiger partial charge in [-0.1, -0.05) is 0 Å². The van der Waals surface area contributed by atoms with Crippen LogP contribution >= 0.6 is 0 Å². The molecule has 1 aliphatic heterocycles. The Bertz CT molecular complexity index is 557. The van der Waals surface area contributed by atoms with Gasteiger partial charge in [0.25, 0.3) is 0 Å². The Hall–Kier alpha value is -0.960. The van der Waals surface area contributed by atoms with Crippen molar-refractivity contribution in [3.8, 4) is 0 Å². The molecule has 2 rings (SSSR count). The summed E-state index contributed by atoms with van der Waals surface area (Å²) >= 11 is 0. The van der Waals surface area contributed by atoms with E-state index >= 15 is 0 Å². The number of aliphatic hydroxyl groups is 2. The lowest BCUT2D eigenvalue weighted by Gasteiger charge is -2.24. The van der Waals surface area contributed by atoms with Gasteiger partial charge in [0.05, 0.1) is 18.4 Å². The number of sulfonamides is 1. The molecule has 1 aromatic heterocycles. The summed E-state index contributed by atoms with van der Waals surface area (Å²) in [6.07, 6.45) is 4.03. The van der Waals surface area contributed by atoms with E-state index in [1.54, 1.807) is 4.68 Å². The minimum Gasteiger partial charge on any atom is -0.393 e. The largest absolute Gasteiger partial charge is 0.393 e. The van der Waals surface area contributed by atoms with Gasteiger partial charge in [-0.15, -0.1) is 0 Å². The van der Waals surface area contributed by atoms with Crippen LogP contribution in [-0.4, -0.2) is 58.0 Å². The lowest BCUT2D eigenvalue weighted by molar-refractivity contribution is -0.0244. The molecule has 1 fully saturated rings. The number of rotatable bonds is 4. The molecule has 0 saturated carbocycles. The first-order chi connectivity index (χ1) is 9.41. The van der Waals surface area contributed by atoms with Crippen molar-refractivity contribution < 1.29 is 18.6 Å². The summed E-state index contributed by atoms with van der Waals surface area (Å²) in [5.74, 6) is 0. The van der Waals surface area contributed by atoms with Crippen LogP contribution in [0.5, 0.6) is 0 Å². The lowest BCUT2D eigenvalue weighted by Crippen LogP contribution is -2.36. The molecule has 1 unspecified atom stereocenters. The van der Waals surface area contributed by atoms with Crippen molar-refractivity contribution in [1.82, 2.24) is 14.1 Å². The summed E-state index contributed by atoms with van der Waals surface area (Å²) in [6.45, 7) is 2.71. The van der Waals surface area contributed by atoms with Crippen LogP contribution in [0, 0.1) is 0 Å². The summed E-state index contributed by atoms with van der Waals surface area (Å²) < 4.78 is 27.9. The molecule has 20 heavy (non-hydrogen) atoms. The minimum atomic E-state index is -3.58. The van der Waals surface area contributed by atoms with E-state index in [0.29, 0.717) is 25.9 Å². The van der Waals surface area contributed by atoms with Crippen molar-refractivity contribution in [3.63, 3.8) is 0 Å². The van der Waals surface area contributed by atoms with Gasteiger partial charge in [0.15, 0.2) is 0 Å². The molecule has 2 N–H and O–H groups in total. The van der Waals surface area contributed by atoms with Crippen LogP contribution in [0.25, 0.3) is 0 Å². The van der Waals surface area contributed by atoms with Crippen LogP contribution in [0.15, 0.2) is 17.3 Å². The van der Waals surface area contributed by atoms with Gasteiger partial charge in [-0.25, -0.2) is 8.42 Å². The number of hydrogen-bond donors (Lipinski definition) is 2. The Morgan fingerprint density at radius 1 is 1.40 bits per heavy atom. The molecule has 8 heteroatoms. The molecule has 0 radical (unpaired) electrons. The van der Waals surface area contributed by atoms with Gasteiger partial charge in [-0.3, -0.25) is 4.68 Å². The van der Waals surface area contributed by atoms with Crippen molar-refractivity contribution in [1.29, 1.82) is 0 Å². The highest BCUT2D eigenvalue weighted by Crippen LogP contribution is 2.25. The number of nitrogens with zero attached hydrogens (tertiary/aromatic N) is 3. The van der Waals surface area contributed by atoms with Crippen molar-refractivity contribution in [2.75, 3.05) is 19.7 Å². The van der Waals surface area contributed by atoms with E-state index < -0.39 is 15.6 Å². The second-order valence-corrected chi connectivity index (χ2v) is 7.11. The van der Waals surface area contributed by atoms with Crippen molar-refractivity contribution in [3.05, 3.63) is 12.4 Å². The van der Waals surface area contributed by atoms with Crippen LogP contribution in [0.4, 0.5) is 0 Å². The quantitative estimate of drug-likeness (QED) is 0.803. The van der Waals surface area contributed by atoms with Crippen LogP contribution in [0.3, 0.4) is 0 Å². The van der Waals surface area contributed by atoms with Crippen molar-refractivity contribution in [2.45, 2.75) is 43.2 Å². The Kier molecular flexibility index (Phi) is 4.48. The maximum Gasteiger partial charge on any atom is 0.246 e. The fourth-order valence-corrected chi connectivity index (χ4v) is 3.79. The van der Waals surface area contributed by atoms with Gasteiger partial charge in [0.1, 0.15) is 4.90 Å². The predicted molar refractivity (Wildman–Crippen MR) is 72.5 cm³/mol. The summed E-state index contributed by atoms with van der Waals surface area (Å²) in [7, 11) is -3.58. The van der Waals surface area contributed by atoms with E-state index in [1.165, 1.54) is 16.7 Å². The second-order valence-electron chi connectivity index (χ2n) is 5.17. The first-order valence-electron chi connectivity index (χ1n) is 6.77. The van der Waals surface area contributed by atoms with E-state index in [0.717, 1.165) is 0 Å². The Labute approximate surface area is 118 Å². The molecule has 1 aliphatic rings. The zero-order valence-electron chi connectivity index (χ0n) is 11.6. The molecular weight excluding hydrogens is 282 g/mol. The molecule has 2 heterocycles. The van der Waals surface area contributed by atoms with Crippen molar-refractivity contribution in [2.24, 2.45) is 0 Å². The highest BCUT2D eigenvalue weighted by Gasteiger charge is 2.34. The number of aromatic nitrogens is 2. The maximum atomic E-state index is 12.5. The number of aryl methyl sites for hydroxylation is 1. The lowest BCUT2D eigenvalue weighted by atomic mass is 9.96. The van der Waals surface area contributed by atoms with E-state index in [9.17, 15) is 18.6 Å². The van der Waals surface area contributed by atoms with E-state index in [1.807, 2.05) is 6.92 Å². The SMILES string of the molecule is CCn1cc(S(=O)(=O)N2CCCC(O)(CO)CC2)cn1. The fraction of sp³-hybridized carbons (Fsp3) is 0.750. The van der Waals surface area contributed by atoms with Gasteiger partial charge < -0.3 is 10.2 Å². The standard InChI is InChI=1S/C12H21N3O4S/c1-2-14-9-11(8-13-14)20(18,19)15-6-3-4-12(17,10-16)5-7-15/h8-9,16-17H,2-7,10H2,1H3. The topological polar surface area (TPSA) is 95.7 Å². The fourth-order valence-electron chi connectivity index (χ4n) is 2.35. The van der Waals surface area contributed by atoms with Crippen LogP contribution in [0.1, 0.15) is 26.2 Å². The smallest absolute Gasteiger partial charge is 0.246 e. The molecule has 0 bridgehead atoms. The molecule has 114 valence electrons. The summed E-state index contributed by atoms with van der Waals surface area (Å²) in [5, 5.41) is 23.2. The summed E-state index contributed by atoms with van der Waals surface area (Å²) in [4.78, 5) is 0.175. The minimum absolute atomic E-state index is 0.175. The van der Waals surface area contributed by atoms with Crippen LogP contribution in [0.2, 0.25) is 0 Å². The molecular formula is C12H21N3O4S. The molecule has 0 spiro atoms. The maximum absolute atomic E-state index is 12.5. The Morgan fingerprint density at radius 3 is 2.75 bits per heavy atom. The summed E-state index contributed by atoms with van der Waals surface area (Å²) in [5.41, 5.74) is -1.17. The highest BCUT2D eigenvalue weighted by atomic mass is 32.2. The zero-order valence-corrected chi connectivity index (χ0v) is 12.4. The van der Waals surface area contributed by atoms with E-state index in [2.05, 4.69) is 5.10 Å². The second kappa shape index (κ2) is 5.80. The first kappa shape index (κ1) is 15.4. The average Bonchev–Trinajstić information content (AvgIpc) is 2.83. The third-order valence-electron chi connectivity index (χ3n) is 3.74. The van der Waals surface area contributed by atoms with E-state index in [4.69, 9.17) is 0 Å². The van der Waals surface area contributed by atoms with Gasteiger partial charge >= 0.3 is 0 Å². The third kappa shape index (κ3) is 3.03. The van der Waals surface area contributed by atoms with Crippen LogP contribution < -0.4 is 0 Å². The third-order valence-corrected chi connectivity index (χ3v) is 5.59. The van der Waals surface area contributed by atoms with Gasteiger partial charge in [-0.05, 0) is 26.2 Å². The van der Waals surface area contributed by atoms with Gasteiger partial charge in [0, 0.05) is 25.8 Å². The predicted octanol–water partition coefficient (Wildman–Crippen LogP) is -0.199. The number of aliphatic hydroxyl groups excluding tert-OH is 1. The Balaban J connectivity index is 2.18. The zero-order chi connectivity index (χ0) is 14.8. The molecule has 1 saturated heterocycles. The van der Waals surface area contributed by atoms with Gasteiger partial charge in [-0.2, -0.15) is 9.40 Å². The van der Waals surface area contributed by atoms with Crippen LogP contribution in [-0.2, 0) is 16.6 Å². The van der Waals surface area contributed by atoms with Crippen molar-refractivity contribution >= 4 is 10.0 Å². The summed E-state index contributed by atoms with van der Waals surface area (Å²) in [6, 6.07) is 0. The van der Waals surface area contributed by atoms with E-state index in [-0.39, 0.29) is 24.5 Å². The first-order valence-corrected chi connectivity index (χ1v) is 8.21. The molecule has 0 amide bonds. The molecule has 1 aromatic rings. The molecule has 7 nitrogen and oxygen atoms in total. The highest BCUT2D eigenvalue weighted by molar-refractivity contribution is 7.89. The molecule has 1 atom stereocenters. The number of hydrogen-bond acceptors (Lipinski definition) is 5. The average molecular weight is 303 g/mol. The molecule has 0 aliphatic carbocycles. The molecule has 0 aromatic carbocycles. The monoisotopic (exact) mass is 303 g/mol.